The molecule has 55 heteroatoms. The van der Waals surface area contributed by atoms with Gasteiger partial charge in [0.15, 0.2) is 11.6 Å². The first-order valence-corrected chi connectivity index (χ1v) is 84.8. The molecule has 8 fully saturated rings. The topological polar surface area (TPSA) is 464 Å². The summed E-state index contributed by atoms with van der Waals surface area (Å²) in [7, 11) is 31.5. The summed E-state index contributed by atoms with van der Waals surface area (Å²) >= 11 is 0. The predicted octanol–water partition coefficient (Wildman–Crippen LogP) is 18.4. The molecule has 47 atom stereocenters. The Kier molecular flexibility index (Phi) is 59.5. The maximum absolute atomic E-state index is 14.3. The van der Waals surface area contributed by atoms with Crippen LogP contribution < -0.4 is 0 Å². The smallest absolute Gasteiger partial charge is 0.302 e. The number of aliphatic hydroxyl groups is 12. The third-order valence-electron chi connectivity index (χ3n) is 33.8. The molecule has 30 nitrogen and oxygen atoms in total. The summed E-state index contributed by atoms with van der Waals surface area (Å²) in [5.41, 5.74) is -9.27. The Morgan fingerprint density at radius 3 is 0.772 bits per heavy atom. The summed E-state index contributed by atoms with van der Waals surface area (Å²) in [6.07, 6.45) is -4.68. The van der Waals surface area contributed by atoms with Crippen LogP contribution >= 0.6 is 172 Å². The van der Waals surface area contributed by atoms with Gasteiger partial charge in [0.1, 0.15) is 64.8 Å². The zero-order chi connectivity index (χ0) is 110. The van der Waals surface area contributed by atoms with E-state index in [1.807, 2.05) is 115 Å². The molecule has 4 aliphatic heterocycles. The molecule has 4 saturated carbocycles. The van der Waals surface area contributed by atoms with Gasteiger partial charge in [0.25, 0.3) is 0 Å². The van der Waals surface area contributed by atoms with Gasteiger partial charge < -0.3 is 113 Å². The molecule has 149 heavy (non-hydrogen) atoms. The summed E-state index contributed by atoms with van der Waals surface area (Å²) in [6, 6.07) is 0. The third kappa shape index (κ3) is 32.1. The number of ether oxygens (including phenoxy) is 8. The van der Waals surface area contributed by atoms with E-state index in [4.69, 9.17) is 51.5 Å². The molecule has 0 aromatic rings. The number of fused-ring (bicyclic) bond motifs is 4. The van der Waals surface area contributed by atoms with E-state index in [2.05, 4.69) is 141 Å². The molecule has 0 spiro atoms. The standard InChI is InChI=1S/C24H47O7P7.C24H45O7P7.C23H43O8P7.C23H36O8.4Ac/c2*1-12(2)21(27)23(7)17(31-36(37(32)33)38(34)35)9-18-24(28,11-29-18)20(23)19(30-14(4)25)15-8-16(26)13(3)10-22(15,5)6;1-11-9-21(4,5)14(7-15(11)26)18(30-13(3)25)19-22(6,20(27)12(2)24)16(8-17-23(19,28)10-29-17)31-36(37(32)33)38(34)35;1-11-9-21(4,5)14(7-15(11)26)18(31-13(3)25)19-22(6,20(28)12(2)24)16(27)8-17-23(19,29)10-30-17;;;;/h10,12,15-21,26-28H,8-9,11,32-35H2,1-7H3;10,12,15-20,26,28H,8-9,11,32-35H2,1-7H3;9,12,14-19,24,26,28H,7-8,10,32-35H2,1-6H3;9,12,14-19,24,26-27,29H,7-8,10H2,1-6H3;;;;/t15?,16-,17-,18+,19+,20-,21+,23+,24-;15?,16-,17-,18+,19+,20-,23+,24-;2*12-,14?,15+,16+,17-,18-,19+,22-,23+;;;;/m0011..../s1. The van der Waals surface area contributed by atoms with E-state index in [0.717, 1.165) is 22.3 Å². The second-order valence-electron chi connectivity index (χ2n) is 46.4. The SMILES string of the molecule is CC(=O)O[C@H](C1C[C@H](O)C(C)=CC1(C)C)[C@@H]1[C@]2(O)CO[C@@H]2C[C@H](O)[C@@]1(C)C(=O)[C@@H](C)O.CC(=O)O[C@H](C1C[C@H](O)C(C)=CC1(C)C)[C@@H]1[C@]2(O)CO[C@@H]2C[C@H](OP(P(P)P)P(P)P)[C@@]1(C)C(=O)C(C)C.CC(=O)O[C@H](C1C[C@H](O)C(C)=CC1(C)C)[C@@H]1[C@]2(O)CO[C@@H]2C[C@H](OP(P(P)P)P(P)P)[C@@]1(C)C(=O)[C@@H](C)O.CC(=O)O[C@H](C1C[C@H](O)C(C)=CC1(C)C)[C@@H]1[C@]2(O)CO[C@@H]2C[C@H](OP(P(P)P)P(P)P)[C@@]1(C)[C@H](O)C(C)C.[Ac].[Ac].[Ac].[Ac]. The van der Waals surface area contributed by atoms with Crippen molar-refractivity contribution in [2.45, 2.75) is 370 Å². The number of esters is 4. The number of rotatable bonds is 32. The minimum atomic E-state index is -1.58. The van der Waals surface area contributed by atoms with Crippen LogP contribution in [0.1, 0.15) is 231 Å². The summed E-state index contributed by atoms with van der Waals surface area (Å²) in [5.74, 6) is -8.51. The average Bonchev–Trinajstić information content (AvgIpc) is 0.690. The van der Waals surface area contributed by atoms with Gasteiger partial charge in [0, 0.05) is 288 Å². The van der Waals surface area contributed by atoms with Gasteiger partial charge in [-0.1, -0.05) is 114 Å². The van der Waals surface area contributed by atoms with Crippen molar-refractivity contribution in [3.63, 3.8) is 0 Å². The molecular weight excluding hydrogens is 3170 g/mol. The van der Waals surface area contributed by atoms with Gasteiger partial charge in [-0.3, -0.25) is 33.6 Å². The van der Waals surface area contributed by atoms with Crippen LogP contribution in [0.2, 0.25) is 0 Å². The largest absolute Gasteiger partial charge is 0.462 e. The fourth-order valence-electron chi connectivity index (χ4n) is 26.6. The van der Waals surface area contributed by atoms with Crippen LogP contribution in [0.15, 0.2) is 46.6 Å². The first kappa shape index (κ1) is 149. The molecule has 4 heterocycles. The Morgan fingerprint density at radius 2 is 0.550 bits per heavy atom. The Morgan fingerprint density at radius 1 is 0.336 bits per heavy atom. The number of Topliss-reactive ketones (excluding diaryl/α,β-unsaturated/α-hetero) is 3. The zero-order valence-corrected chi connectivity index (χ0v) is 132. The van der Waals surface area contributed by atoms with Crippen molar-refractivity contribution in [2.75, 3.05) is 26.4 Å². The van der Waals surface area contributed by atoms with Crippen molar-refractivity contribution in [1.82, 2.24) is 0 Å². The van der Waals surface area contributed by atoms with E-state index >= 15 is 0 Å². The van der Waals surface area contributed by atoms with Crippen LogP contribution in [0.4, 0.5) is 0 Å². The van der Waals surface area contributed by atoms with Crippen LogP contribution in [-0.2, 0) is 85.0 Å². The number of hydrogen-bond acceptors (Lipinski definition) is 30. The second kappa shape index (κ2) is 59.3. The summed E-state index contributed by atoms with van der Waals surface area (Å²) < 4.78 is 68.0. The van der Waals surface area contributed by atoms with Crippen molar-refractivity contribution in [1.29, 1.82) is 0 Å². The van der Waals surface area contributed by atoms with E-state index < -0.39 is 317 Å². The van der Waals surface area contributed by atoms with Crippen LogP contribution in [0.3, 0.4) is 0 Å². The summed E-state index contributed by atoms with van der Waals surface area (Å²) in [4.78, 5) is 91.6. The number of ketones is 3. The Hall–Kier alpha value is 9.89. The minimum absolute atomic E-state index is 0. The van der Waals surface area contributed by atoms with Crippen molar-refractivity contribution in [3.05, 3.63) is 46.6 Å². The fourth-order valence-corrected chi connectivity index (χ4v) is 125. The van der Waals surface area contributed by atoms with Crippen molar-refractivity contribution >= 4 is 213 Å². The normalized spacial score (nSPS) is 38.3. The Balaban J connectivity index is 0.000000347. The number of allylic oxidation sites excluding steroid dienone is 4. The number of hydrogen-bond donors (Lipinski definition) is 12. The van der Waals surface area contributed by atoms with Crippen molar-refractivity contribution in [3.8, 4) is 0 Å². The van der Waals surface area contributed by atoms with E-state index in [0.29, 0.717) is 32.1 Å². The molecule has 4 saturated heterocycles. The molecule has 0 aromatic carbocycles. The molecule has 16 unspecified atom stereocenters. The molecule has 12 N–H and O–H groups in total. The molecule has 4 radical (unpaired) electrons. The maximum Gasteiger partial charge on any atom is 0.302 e. The van der Waals surface area contributed by atoms with E-state index in [-0.39, 0.29) is 251 Å². The molecular formula is C94H171Ac4O30P21. The Bertz CT molecular complexity index is 4560. The van der Waals surface area contributed by atoms with Crippen molar-refractivity contribution < 1.29 is 323 Å². The number of carbonyl (C=O) groups excluding carboxylic acids is 7. The Labute approximate surface area is 1070 Å². The first-order valence-electron chi connectivity index (χ1n) is 49.4. The zero-order valence-electron chi connectivity index (χ0n) is 91.0. The van der Waals surface area contributed by atoms with Gasteiger partial charge in [0.2, 0.25) is 0 Å². The van der Waals surface area contributed by atoms with Crippen LogP contribution in [0, 0.1) is 279 Å². The van der Waals surface area contributed by atoms with Crippen LogP contribution in [0.25, 0.3) is 0 Å². The van der Waals surface area contributed by atoms with Gasteiger partial charge in [-0.05, 0) is 180 Å². The predicted molar refractivity (Wildman–Crippen MR) is 626 cm³/mol. The van der Waals surface area contributed by atoms with Crippen LogP contribution in [-0.4, -0.2) is 267 Å². The molecule has 12 rings (SSSR count). The van der Waals surface area contributed by atoms with Gasteiger partial charge in [-0.2, -0.15) is 0 Å². The van der Waals surface area contributed by atoms with Crippen LogP contribution in [0.5, 0.6) is 0 Å². The van der Waals surface area contributed by atoms with Gasteiger partial charge >= 0.3 is 23.9 Å². The monoisotopic (exact) mass is 3340 g/mol. The summed E-state index contributed by atoms with van der Waals surface area (Å²) in [6.45, 7) is 43.2. The van der Waals surface area contributed by atoms with Gasteiger partial charge in [-0.15, -0.1) is 107 Å². The fraction of sp³-hybridized carbons (Fsp3) is 0.840. The van der Waals surface area contributed by atoms with Gasteiger partial charge in [0.05, 0.1) is 145 Å². The number of carbonyl (C=O) groups is 7. The maximum atomic E-state index is 14.3. The average molecular weight is 3340 g/mol. The van der Waals surface area contributed by atoms with Gasteiger partial charge in [-0.25, -0.2) is 0 Å². The molecule has 0 amide bonds. The number of aliphatic hydroxyl groups excluding tert-OH is 8. The quantitative estimate of drug-likeness (QED) is 0.0129. The van der Waals surface area contributed by atoms with E-state index in [1.165, 1.54) is 48.5 Å². The summed E-state index contributed by atoms with van der Waals surface area (Å²) in [5, 5.41) is 135. The molecule has 0 aromatic heterocycles. The molecule has 0 bridgehead atoms. The third-order valence-corrected chi connectivity index (χ3v) is 101. The second-order valence-corrected chi connectivity index (χ2v) is 117. The molecule has 12 aliphatic rings. The molecule has 844 valence electrons. The minimum Gasteiger partial charge on any atom is -0.462 e. The molecule has 8 aliphatic carbocycles. The van der Waals surface area contributed by atoms with Crippen molar-refractivity contribution in [2.24, 2.45) is 102 Å². The van der Waals surface area contributed by atoms with E-state index in [1.54, 1.807) is 6.92 Å². The van der Waals surface area contributed by atoms with E-state index in [9.17, 15) is 94.8 Å². The first-order chi connectivity index (χ1) is 66.3.